The molecule has 0 spiro atoms. The molecule has 4 aromatic rings. The minimum atomic E-state index is -1.32. The third-order valence-electron chi connectivity index (χ3n) is 7.17. The number of pyridine rings is 1. The van der Waals surface area contributed by atoms with Crippen molar-refractivity contribution in [1.82, 2.24) is 14.9 Å². The average molecular weight is 558 g/mol. The predicted molar refractivity (Wildman–Crippen MR) is 157 cm³/mol. The molecule has 2 aromatic heterocycles. The van der Waals surface area contributed by atoms with Crippen molar-refractivity contribution in [2.75, 3.05) is 39.3 Å². The summed E-state index contributed by atoms with van der Waals surface area (Å²) in [6.07, 6.45) is 6.22. The first-order valence-corrected chi connectivity index (χ1v) is 13.1. The third-order valence-corrected chi connectivity index (χ3v) is 7.17. The molecule has 0 unspecified atom stereocenters. The van der Waals surface area contributed by atoms with Crippen LogP contribution in [0.25, 0.3) is 33.6 Å². The molecule has 1 aliphatic heterocycles. The van der Waals surface area contributed by atoms with Gasteiger partial charge in [-0.3, -0.25) is 4.79 Å². The largest absolute Gasteiger partial charge is 0.496 e. The number of aromatic nitrogens is 2. The van der Waals surface area contributed by atoms with Gasteiger partial charge in [0.05, 0.1) is 25.5 Å². The fourth-order valence-electron chi connectivity index (χ4n) is 5.20. The van der Waals surface area contributed by atoms with Crippen LogP contribution < -0.4 is 20.4 Å². The summed E-state index contributed by atoms with van der Waals surface area (Å²) in [5.74, 6) is -0.835. The van der Waals surface area contributed by atoms with E-state index in [0.717, 1.165) is 19.4 Å². The van der Waals surface area contributed by atoms with E-state index >= 15 is 0 Å². The Morgan fingerprint density at radius 1 is 1.22 bits per heavy atom. The Hall–Kier alpha value is -4.90. The topological polar surface area (TPSA) is 143 Å². The number of carboxylic acids is 1. The van der Waals surface area contributed by atoms with Crippen LogP contribution in [0.15, 0.2) is 64.1 Å². The first kappa shape index (κ1) is 27.7. The fraction of sp³-hybridized carbons (Fsp3) is 0.267. The quantitative estimate of drug-likeness (QED) is 0.245. The molecular weight excluding hydrogens is 526 g/mol. The second-order valence-electron chi connectivity index (χ2n) is 9.65. The van der Waals surface area contributed by atoms with E-state index in [2.05, 4.69) is 15.2 Å². The molecule has 2 aromatic carbocycles. The first-order valence-electron chi connectivity index (χ1n) is 13.1. The molecule has 5 rings (SSSR count). The zero-order valence-corrected chi connectivity index (χ0v) is 23.0. The van der Waals surface area contributed by atoms with Gasteiger partial charge in [-0.15, -0.1) is 0 Å². The maximum atomic E-state index is 12.8. The molecule has 3 N–H and O–H groups in total. The van der Waals surface area contributed by atoms with Crippen LogP contribution >= 0.6 is 0 Å². The molecule has 11 heteroatoms. The summed E-state index contributed by atoms with van der Waals surface area (Å²) in [4.78, 5) is 31.5. The zero-order valence-electron chi connectivity index (χ0n) is 23.0. The molecule has 1 fully saturated rings. The van der Waals surface area contributed by atoms with E-state index in [0.29, 0.717) is 57.6 Å². The van der Waals surface area contributed by atoms with Gasteiger partial charge in [-0.05, 0) is 37.1 Å². The number of carbonyl (C=O) groups is 1. The number of fused-ring (bicyclic) bond motifs is 1. The molecule has 3 heterocycles. The number of oxazole rings is 1. The molecule has 212 valence electrons. The first-order chi connectivity index (χ1) is 19.9. The van der Waals surface area contributed by atoms with Crippen LogP contribution in [0.4, 0.5) is 6.01 Å². The highest BCUT2D eigenvalue weighted by molar-refractivity contribution is 6.09. The van der Waals surface area contributed by atoms with Gasteiger partial charge >= 0.3 is 5.97 Å². The lowest BCUT2D eigenvalue weighted by Gasteiger charge is -2.21. The van der Waals surface area contributed by atoms with E-state index in [4.69, 9.17) is 19.3 Å². The number of aromatic carboxylic acids is 1. The van der Waals surface area contributed by atoms with Gasteiger partial charge in [0.2, 0.25) is 0 Å². The summed E-state index contributed by atoms with van der Waals surface area (Å²) in [7, 11) is 4.94. The molecule has 1 atom stereocenters. The van der Waals surface area contributed by atoms with Gasteiger partial charge in [0.25, 0.3) is 6.01 Å². The van der Waals surface area contributed by atoms with Crippen molar-refractivity contribution >= 4 is 34.9 Å². The maximum absolute atomic E-state index is 12.8. The Morgan fingerprint density at radius 2 is 2.05 bits per heavy atom. The zero-order chi connectivity index (χ0) is 29.1. The minimum absolute atomic E-state index is 0.185. The third kappa shape index (κ3) is 5.31. The summed E-state index contributed by atoms with van der Waals surface area (Å²) in [5, 5.41) is 20.4. The molecule has 0 amide bonds. The second kappa shape index (κ2) is 11.7. The van der Waals surface area contributed by atoms with Gasteiger partial charge in [0.1, 0.15) is 16.8 Å². The van der Waals surface area contributed by atoms with Crippen molar-refractivity contribution in [3.63, 3.8) is 0 Å². The molecule has 1 aliphatic rings. The molecule has 11 nitrogen and oxygen atoms in total. The van der Waals surface area contributed by atoms with Crippen molar-refractivity contribution in [3.05, 3.63) is 76.2 Å². The van der Waals surface area contributed by atoms with E-state index in [1.165, 1.54) is 25.6 Å². The summed E-state index contributed by atoms with van der Waals surface area (Å²) >= 11 is 0. The van der Waals surface area contributed by atoms with Crippen molar-refractivity contribution < 1.29 is 23.8 Å². The number of hydrogen-bond donors (Lipinski definition) is 3. The summed E-state index contributed by atoms with van der Waals surface area (Å²) < 4.78 is 18.8. The maximum Gasteiger partial charge on any atom is 0.341 e. The number of anilines is 1. The number of nitrogens with zero attached hydrogens (tertiary/aromatic N) is 3. The van der Waals surface area contributed by atoms with Crippen LogP contribution in [0.1, 0.15) is 28.8 Å². The number of nitrogens with one attached hydrogen (secondary N) is 2. The molecule has 0 aliphatic carbocycles. The van der Waals surface area contributed by atoms with E-state index < -0.39 is 11.4 Å². The highest BCUT2D eigenvalue weighted by Gasteiger charge is 2.28. The number of carboxylic acid groups (broad SMARTS) is 1. The van der Waals surface area contributed by atoms with Gasteiger partial charge in [0, 0.05) is 73.8 Å². The minimum Gasteiger partial charge on any atom is -0.496 e. The highest BCUT2D eigenvalue weighted by atomic mass is 16.5. The van der Waals surface area contributed by atoms with E-state index in [9.17, 15) is 14.7 Å². The van der Waals surface area contributed by atoms with Gasteiger partial charge in [0.15, 0.2) is 11.0 Å². The Morgan fingerprint density at radius 3 is 2.76 bits per heavy atom. The lowest BCUT2D eigenvalue weighted by molar-refractivity contribution is 0.0695. The molecule has 0 bridgehead atoms. The predicted octanol–water partition coefficient (Wildman–Crippen LogP) is 4.18. The number of allylic oxidation sites excluding steroid dienone is 1. The average Bonchev–Trinajstić information content (AvgIpc) is 3.62. The monoisotopic (exact) mass is 557 g/mol. The standard InChI is InChI=1S/C30H31N5O6/c1-32-15-19(14-31)22-8-6-18(11-27(22)40-3)25-13-26(36)23(29(37)38)16-35(25)20-7-9-24-28(12-20)41-30(33-24)34-10-4-5-21(34)17-39-2/h6-9,11-16,21,31-32H,4-5,10,17H2,1-3H3,(H,37,38)/b19-15+,31-14?/t21-/m1/s1. The van der Waals surface area contributed by atoms with Gasteiger partial charge in [-0.1, -0.05) is 6.07 Å². The van der Waals surface area contributed by atoms with Crippen LogP contribution in [-0.4, -0.2) is 67.3 Å². The van der Waals surface area contributed by atoms with Gasteiger partial charge < -0.3 is 39.2 Å². The van der Waals surface area contributed by atoms with Gasteiger partial charge in [-0.2, -0.15) is 4.98 Å². The van der Waals surface area contributed by atoms with Crippen molar-refractivity contribution in [2.45, 2.75) is 18.9 Å². The number of hydrogen-bond acceptors (Lipinski definition) is 9. The van der Waals surface area contributed by atoms with Crippen LogP contribution in [0.2, 0.25) is 0 Å². The number of benzene rings is 2. The molecule has 0 radical (unpaired) electrons. The van der Waals surface area contributed by atoms with E-state index in [1.54, 1.807) is 55.3 Å². The van der Waals surface area contributed by atoms with Crippen molar-refractivity contribution in [1.29, 1.82) is 5.41 Å². The fourth-order valence-corrected chi connectivity index (χ4v) is 5.20. The summed E-state index contributed by atoms with van der Waals surface area (Å²) in [6, 6.07) is 12.7. The van der Waals surface area contributed by atoms with E-state index in [1.807, 2.05) is 6.07 Å². The highest BCUT2D eigenvalue weighted by Crippen LogP contribution is 2.33. The number of rotatable bonds is 10. The number of ether oxygens (including phenoxy) is 2. The van der Waals surface area contributed by atoms with Crippen LogP contribution in [0, 0.1) is 5.41 Å². The van der Waals surface area contributed by atoms with Gasteiger partial charge in [-0.25, -0.2) is 4.79 Å². The van der Waals surface area contributed by atoms with Crippen molar-refractivity contribution in [3.8, 4) is 22.7 Å². The summed E-state index contributed by atoms with van der Waals surface area (Å²) in [6.45, 7) is 1.40. The molecular formula is C30H31N5O6. The Bertz CT molecular complexity index is 1710. The Kier molecular flexibility index (Phi) is 7.88. The molecule has 41 heavy (non-hydrogen) atoms. The SMILES string of the molecule is CN/C=C(\C=N)c1ccc(-c2cc(=O)c(C(=O)O)cn2-c2ccc3nc(N4CCC[C@@H]4COC)oc3c2)cc1OC. The number of methoxy groups -OCH3 is 2. The van der Waals surface area contributed by atoms with Crippen LogP contribution in [-0.2, 0) is 4.74 Å². The van der Waals surface area contributed by atoms with Crippen LogP contribution in [0.3, 0.4) is 0 Å². The van der Waals surface area contributed by atoms with E-state index in [-0.39, 0.29) is 11.6 Å². The van der Waals surface area contributed by atoms with Crippen molar-refractivity contribution in [2.24, 2.45) is 0 Å². The van der Waals surface area contributed by atoms with Crippen LogP contribution in [0.5, 0.6) is 5.75 Å². The lowest BCUT2D eigenvalue weighted by Crippen LogP contribution is -2.32. The lowest BCUT2D eigenvalue weighted by atomic mass is 10.0. The Labute approximate surface area is 236 Å². The smallest absolute Gasteiger partial charge is 0.341 e. The Balaban J connectivity index is 1.64. The summed E-state index contributed by atoms with van der Waals surface area (Å²) in [5.41, 5.74) is 3.15. The molecule has 1 saturated heterocycles. The molecule has 0 saturated carbocycles. The second-order valence-corrected chi connectivity index (χ2v) is 9.65. The normalized spacial score (nSPS) is 15.3.